The average molecular weight is 374 g/mol. The van der Waals surface area contributed by atoms with Crippen LogP contribution in [0, 0.1) is 0 Å². The maximum atomic E-state index is 13.5. The molecule has 0 aliphatic heterocycles. The predicted molar refractivity (Wildman–Crippen MR) is 100 cm³/mol. The van der Waals surface area contributed by atoms with Gasteiger partial charge in [-0.05, 0) is 54.2 Å². The number of alkyl halides is 3. The van der Waals surface area contributed by atoms with Crippen LogP contribution in [-0.2, 0) is 12.6 Å². The second-order valence-corrected chi connectivity index (χ2v) is 5.08. The molecule has 0 fully saturated rings. The zero-order valence-corrected chi connectivity index (χ0v) is 13.3. The first-order chi connectivity index (χ1) is 18.8. The molecule has 0 saturated carbocycles. The molecule has 0 aliphatic rings. The Morgan fingerprint density at radius 3 is 2.62 bits per heavy atom. The van der Waals surface area contributed by atoms with E-state index >= 15 is 0 Å². The summed E-state index contributed by atoms with van der Waals surface area (Å²) in [5.41, 5.74) is -3.65. The molecule has 1 nitrogen and oxygen atoms in total. The Balaban J connectivity index is 2.22. The number of rotatable bonds is 6. The molecule has 0 aliphatic carbocycles. The van der Waals surface area contributed by atoms with Gasteiger partial charge in [0.1, 0.15) is 0 Å². The van der Waals surface area contributed by atoms with E-state index in [4.69, 9.17) is 21.9 Å². The molecule has 0 bridgehead atoms. The van der Waals surface area contributed by atoms with Gasteiger partial charge in [0, 0.05) is 11.5 Å². The molecule has 4 heteroatoms. The summed E-state index contributed by atoms with van der Waals surface area (Å²) in [5.74, 6) is 0. The first-order valence-electron chi connectivity index (χ1n) is 15.3. The van der Waals surface area contributed by atoms with Gasteiger partial charge in [-0.25, -0.2) is 0 Å². The van der Waals surface area contributed by atoms with Gasteiger partial charge >= 0.3 is 6.18 Å². The van der Waals surface area contributed by atoms with E-state index in [1.807, 2.05) is 5.32 Å². The van der Waals surface area contributed by atoms with Gasteiger partial charge < -0.3 is 5.32 Å². The van der Waals surface area contributed by atoms with Gasteiger partial charge in [0.2, 0.25) is 0 Å². The highest BCUT2D eigenvalue weighted by Gasteiger charge is 2.30. The van der Waals surface area contributed by atoms with Crippen LogP contribution in [0.2, 0.25) is 0 Å². The Kier molecular flexibility index (Phi) is 2.13. The van der Waals surface area contributed by atoms with Gasteiger partial charge in [0.05, 0.1) is 22.0 Å². The highest BCUT2D eigenvalue weighted by Crippen LogP contribution is 2.29. The van der Waals surface area contributed by atoms with Crippen molar-refractivity contribution in [1.82, 2.24) is 5.32 Å². The van der Waals surface area contributed by atoms with E-state index in [2.05, 4.69) is 0 Å². The van der Waals surface area contributed by atoms with Crippen molar-refractivity contribution in [1.29, 1.82) is 0 Å². The fourth-order valence-corrected chi connectivity index (χ4v) is 2.04. The standard InChI is InChI=1S/C22H22F3N/c1-16(20-13-5-10-18-9-2-3-12-21(18)20)26-14-6-8-17-7-4-11-19(15-17)22(23,24)25/h2-5,7,9-13,15-16,26H,6,8,14H2,1H3/t16-/m0/s1/i2D,3D,4D,5D,6D2,7D,9D,10D,11D,12D,13D,14D2,15D,16D. The highest BCUT2D eigenvalue weighted by molar-refractivity contribution is 5.86. The molecule has 0 spiro atoms. The Bertz CT molecular complexity index is 1610. The first kappa shape index (κ1) is 7.01. The minimum Gasteiger partial charge on any atom is -0.310 e. The molecule has 0 saturated heterocycles. The number of hydrogen-bond donors (Lipinski definition) is 1. The quantitative estimate of drug-likeness (QED) is 0.547. The normalized spacial score (nSPS) is 24.2. The fraction of sp³-hybridized carbons (Fsp3) is 0.273. The molecule has 0 radical (unpaired) electrons. The van der Waals surface area contributed by atoms with E-state index in [1.54, 1.807) is 0 Å². The number of hydrogen-bond acceptors (Lipinski definition) is 1. The molecule has 0 unspecified atom stereocenters. The van der Waals surface area contributed by atoms with Crippen molar-refractivity contribution in [3.8, 4) is 0 Å². The van der Waals surface area contributed by atoms with Crippen LogP contribution in [0.5, 0.6) is 0 Å². The van der Waals surface area contributed by atoms with E-state index < -0.39 is 125 Å². The lowest BCUT2D eigenvalue weighted by Gasteiger charge is -2.17. The maximum absolute atomic E-state index is 13.5. The Hall–Kier alpha value is -2.33. The third-order valence-corrected chi connectivity index (χ3v) is 3.25. The van der Waals surface area contributed by atoms with Gasteiger partial charge in [0.15, 0.2) is 0 Å². The Morgan fingerprint density at radius 1 is 1.08 bits per heavy atom. The molecular weight excluding hydrogens is 335 g/mol. The van der Waals surface area contributed by atoms with Gasteiger partial charge in [-0.2, -0.15) is 13.2 Å². The van der Waals surface area contributed by atoms with Crippen molar-refractivity contribution in [2.75, 3.05) is 6.50 Å². The maximum Gasteiger partial charge on any atom is 0.416 e. The number of benzene rings is 3. The van der Waals surface area contributed by atoms with Crippen molar-refractivity contribution < 1.29 is 35.1 Å². The smallest absolute Gasteiger partial charge is 0.310 e. The van der Waals surface area contributed by atoms with E-state index in [0.717, 1.165) is 6.92 Å². The van der Waals surface area contributed by atoms with Crippen molar-refractivity contribution in [2.24, 2.45) is 0 Å². The summed E-state index contributed by atoms with van der Waals surface area (Å²) < 4.78 is 171. The second kappa shape index (κ2) is 7.92. The predicted octanol–water partition coefficient (Wildman–Crippen LogP) is 6.14. The monoisotopic (exact) mass is 373 g/mol. The molecule has 1 N–H and O–H groups in total. The van der Waals surface area contributed by atoms with Crippen LogP contribution in [0.15, 0.2) is 66.5 Å². The summed E-state index contributed by atoms with van der Waals surface area (Å²) in [5, 5.41) is 0.840. The topological polar surface area (TPSA) is 12.0 Å². The van der Waals surface area contributed by atoms with Crippen LogP contribution in [-0.4, -0.2) is 6.50 Å². The summed E-state index contributed by atoms with van der Waals surface area (Å²) >= 11 is 0. The van der Waals surface area contributed by atoms with Crippen LogP contribution >= 0.6 is 0 Å². The van der Waals surface area contributed by atoms with E-state index in [9.17, 15) is 13.2 Å². The van der Waals surface area contributed by atoms with E-state index in [0.29, 0.717) is 0 Å². The molecule has 3 aromatic rings. The van der Waals surface area contributed by atoms with E-state index in [-0.39, 0.29) is 0 Å². The van der Waals surface area contributed by atoms with Crippen LogP contribution in [0.4, 0.5) is 13.2 Å². The number of halogens is 3. The lowest BCUT2D eigenvalue weighted by atomic mass is 9.99. The molecule has 26 heavy (non-hydrogen) atoms. The molecule has 0 heterocycles. The summed E-state index contributed by atoms with van der Waals surface area (Å²) in [4.78, 5) is 0. The van der Waals surface area contributed by atoms with Gasteiger partial charge in [-0.3, -0.25) is 0 Å². The third-order valence-electron chi connectivity index (χ3n) is 3.25. The lowest BCUT2D eigenvalue weighted by molar-refractivity contribution is -0.137. The first-order valence-corrected chi connectivity index (χ1v) is 7.27. The molecule has 136 valence electrons. The Labute approximate surface area is 174 Å². The number of nitrogens with one attached hydrogen (secondary N) is 1. The fourth-order valence-electron chi connectivity index (χ4n) is 2.04. The summed E-state index contributed by atoms with van der Waals surface area (Å²) in [6, 6.07) is -13.8. The summed E-state index contributed by atoms with van der Waals surface area (Å²) in [7, 11) is 0. The van der Waals surface area contributed by atoms with Crippen LogP contribution < -0.4 is 5.32 Å². The van der Waals surface area contributed by atoms with Crippen molar-refractivity contribution >= 4 is 10.8 Å². The SMILES string of the molecule is [2H]c1c([2H])c(CC([2H])([2H])C([2H])([2H])N[C@@]([2H])(C)c2c([2H])c([2H])c([2H])c3c([2H])c([2H])c([2H])c([2H])c23)c([2H])c(C(F)(F)F)c1[2H]. The lowest BCUT2D eigenvalue weighted by Crippen LogP contribution is -2.20. The summed E-state index contributed by atoms with van der Waals surface area (Å²) in [6.45, 7) is -2.56. The molecule has 0 aromatic heterocycles. The summed E-state index contributed by atoms with van der Waals surface area (Å²) in [6.07, 6.45) is -10.1. The van der Waals surface area contributed by atoms with Crippen LogP contribution in [0.25, 0.3) is 10.8 Å². The van der Waals surface area contributed by atoms with E-state index in [1.165, 1.54) is 0 Å². The molecular formula is C22H22F3N. The molecule has 1 atom stereocenters. The molecule has 3 rings (SSSR count). The van der Waals surface area contributed by atoms with Crippen LogP contribution in [0.1, 0.15) is 57.9 Å². The largest absolute Gasteiger partial charge is 0.416 e. The van der Waals surface area contributed by atoms with Gasteiger partial charge in [-0.15, -0.1) is 0 Å². The average Bonchev–Trinajstić information content (AvgIpc) is 2.84. The Morgan fingerprint density at radius 2 is 1.81 bits per heavy atom. The van der Waals surface area contributed by atoms with Gasteiger partial charge in [0.25, 0.3) is 0 Å². The zero-order valence-electron chi connectivity index (χ0n) is 29.3. The molecule has 3 aromatic carbocycles. The van der Waals surface area contributed by atoms with Crippen LogP contribution in [0.3, 0.4) is 0 Å². The minimum absolute atomic E-state index is 0.545. The zero-order chi connectivity index (χ0) is 32.7. The number of fused-ring (bicyclic) bond motifs is 1. The van der Waals surface area contributed by atoms with Gasteiger partial charge in [-0.1, -0.05) is 60.4 Å². The second-order valence-electron chi connectivity index (χ2n) is 5.08. The van der Waals surface area contributed by atoms with Crippen molar-refractivity contribution in [2.45, 2.75) is 31.9 Å². The third kappa shape index (κ3) is 4.44. The highest BCUT2D eigenvalue weighted by atomic mass is 19.4. The molecule has 0 amide bonds. The van der Waals surface area contributed by atoms with Crippen molar-refractivity contribution in [3.63, 3.8) is 0 Å². The minimum atomic E-state index is -5.32. The van der Waals surface area contributed by atoms with Crippen molar-refractivity contribution in [3.05, 3.63) is 83.2 Å².